The highest BCUT2D eigenvalue weighted by Crippen LogP contribution is 2.52. The van der Waals surface area contributed by atoms with Gasteiger partial charge in [0.25, 0.3) is 0 Å². The van der Waals surface area contributed by atoms with E-state index in [9.17, 15) is 4.79 Å². The summed E-state index contributed by atoms with van der Waals surface area (Å²) in [5.74, 6) is -0.0865. The lowest BCUT2D eigenvalue weighted by molar-refractivity contribution is 0.103. The van der Waals surface area contributed by atoms with Crippen LogP contribution in [-0.4, -0.2) is 11.5 Å². The van der Waals surface area contributed by atoms with E-state index >= 15 is 0 Å². The maximum Gasteiger partial charge on any atom is 0.194 e. The highest BCUT2D eigenvalue weighted by atomic mass is 16.1. The summed E-state index contributed by atoms with van der Waals surface area (Å²) in [5, 5.41) is 11.9. The van der Waals surface area contributed by atoms with E-state index in [0.717, 1.165) is 61.1 Å². The number of ketones is 1. The molecule has 2 aliphatic rings. The van der Waals surface area contributed by atoms with Gasteiger partial charge < -0.3 is 0 Å². The molecule has 0 N–H and O–H groups in total. The molecule has 0 radical (unpaired) electrons. The molecule has 0 aromatic heterocycles. The van der Waals surface area contributed by atoms with Crippen molar-refractivity contribution in [3.8, 4) is 22.3 Å². The zero-order chi connectivity index (χ0) is 36.2. The van der Waals surface area contributed by atoms with Crippen LogP contribution in [0.2, 0.25) is 0 Å². The van der Waals surface area contributed by atoms with Gasteiger partial charge in [-0.25, -0.2) is 0 Å². The first-order valence-corrected chi connectivity index (χ1v) is 19.0. The number of benzene rings is 10. The third-order valence-electron chi connectivity index (χ3n) is 12.0. The molecule has 2 nitrogen and oxygen atoms in total. The monoisotopic (exact) mass is 697 g/mol. The Balaban J connectivity index is 1.12. The van der Waals surface area contributed by atoms with Gasteiger partial charge in [0.15, 0.2) is 5.78 Å². The largest absolute Gasteiger partial charge is 0.289 e. The summed E-state index contributed by atoms with van der Waals surface area (Å²) in [4.78, 5) is 20.3. The number of carbonyl (C=O) groups excluding carboxylic acids is 1. The fourth-order valence-electron chi connectivity index (χ4n) is 9.66. The minimum Gasteiger partial charge on any atom is -0.289 e. The summed E-state index contributed by atoms with van der Waals surface area (Å²) in [6.07, 6.45) is 0. The maximum absolute atomic E-state index is 15.0. The molecule has 254 valence electrons. The molecule has 1 atom stereocenters. The van der Waals surface area contributed by atoms with E-state index in [4.69, 9.17) is 4.99 Å². The first-order valence-electron chi connectivity index (χ1n) is 19.0. The van der Waals surface area contributed by atoms with E-state index in [1.54, 1.807) is 0 Å². The predicted molar refractivity (Wildman–Crippen MR) is 229 cm³/mol. The average Bonchev–Trinajstić information content (AvgIpc) is 3.64. The molecule has 10 aromatic carbocycles. The average molecular weight is 698 g/mol. The fraction of sp³-hybridized carbons (Fsp3) is 0.0189. The lowest BCUT2D eigenvalue weighted by Gasteiger charge is -2.28. The second kappa shape index (κ2) is 11.4. The molecule has 0 spiro atoms. The first kappa shape index (κ1) is 30.3. The van der Waals surface area contributed by atoms with Gasteiger partial charge in [0, 0.05) is 16.7 Å². The summed E-state index contributed by atoms with van der Waals surface area (Å²) in [7, 11) is 0. The van der Waals surface area contributed by atoms with Crippen LogP contribution in [-0.2, 0) is 0 Å². The number of rotatable bonds is 3. The molecule has 2 heteroatoms. The van der Waals surface area contributed by atoms with Crippen molar-refractivity contribution in [2.45, 2.75) is 5.92 Å². The number of carbonyl (C=O) groups is 1. The van der Waals surface area contributed by atoms with E-state index in [0.29, 0.717) is 0 Å². The highest BCUT2D eigenvalue weighted by Gasteiger charge is 2.41. The molecule has 10 aromatic rings. The lowest BCUT2D eigenvalue weighted by atomic mass is 9.72. The van der Waals surface area contributed by atoms with Crippen LogP contribution in [0.1, 0.15) is 38.5 Å². The van der Waals surface area contributed by atoms with E-state index in [1.807, 2.05) is 12.1 Å². The second-order valence-corrected chi connectivity index (χ2v) is 14.9. The van der Waals surface area contributed by atoms with Gasteiger partial charge in [0.2, 0.25) is 0 Å². The Bertz CT molecular complexity index is 3290. The Labute approximate surface area is 317 Å². The SMILES string of the molecule is O=C1c2cccc3c2C(C(c2ccc4ccccc4c2)=N3)c2cccc(-c3c4ccccc4c(-c4ccc5ccc6ccccc6c5c4)c4ccccc34)c21. The third kappa shape index (κ3) is 4.31. The summed E-state index contributed by atoms with van der Waals surface area (Å²) in [5.41, 5.74) is 11.0. The number of hydrogen-bond acceptors (Lipinski definition) is 2. The van der Waals surface area contributed by atoms with Crippen molar-refractivity contribution >= 4 is 71.0 Å². The van der Waals surface area contributed by atoms with Crippen LogP contribution in [0, 0.1) is 0 Å². The van der Waals surface area contributed by atoms with Crippen molar-refractivity contribution in [2.24, 2.45) is 4.99 Å². The Kier molecular flexibility index (Phi) is 6.29. The van der Waals surface area contributed by atoms with Crippen molar-refractivity contribution in [3.63, 3.8) is 0 Å². The molecule has 1 aliphatic carbocycles. The zero-order valence-electron chi connectivity index (χ0n) is 29.8. The highest BCUT2D eigenvalue weighted by molar-refractivity contribution is 6.28. The lowest BCUT2D eigenvalue weighted by Crippen LogP contribution is -2.23. The molecule has 0 bridgehead atoms. The first-order chi connectivity index (χ1) is 27.2. The molecular formula is C53H31NO. The Morgan fingerprint density at radius 3 is 1.71 bits per heavy atom. The van der Waals surface area contributed by atoms with Crippen molar-refractivity contribution in [1.82, 2.24) is 0 Å². The predicted octanol–water partition coefficient (Wildman–Crippen LogP) is 13.6. The van der Waals surface area contributed by atoms with E-state index in [1.165, 1.54) is 54.2 Å². The van der Waals surface area contributed by atoms with Gasteiger partial charge in [0.1, 0.15) is 0 Å². The summed E-state index contributed by atoms with van der Waals surface area (Å²) >= 11 is 0. The molecule has 0 amide bonds. The van der Waals surface area contributed by atoms with Crippen LogP contribution in [0.15, 0.2) is 187 Å². The summed E-state index contributed by atoms with van der Waals surface area (Å²) in [6.45, 7) is 0. The van der Waals surface area contributed by atoms with Crippen LogP contribution < -0.4 is 0 Å². The molecule has 0 saturated carbocycles. The van der Waals surface area contributed by atoms with E-state index < -0.39 is 0 Å². The molecule has 0 fully saturated rings. The Morgan fingerprint density at radius 2 is 0.945 bits per heavy atom. The van der Waals surface area contributed by atoms with Crippen LogP contribution in [0.5, 0.6) is 0 Å². The van der Waals surface area contributed by atoms with Gasteiger partial charge in [-0.1, -0.05) is 164 Å². The van der Waals surface area contributed by atoms with Gasteiger partial charge in [-0.3, -0.25) is 9.79 Å². The van der Waals surface area contributed by atoms with Gasteiger partial charge in [-0.15, -0.1) is 0 Å². The molecular weight excluding hydrogens is 667 g/mol. The second-order valence-electron chi connectivity index (χ2n) is 14.9. The molecule has 55 heavy (non-hydrogen) atoms. The van der Waals surface area contributed by atoms with Crippen LogP contribution in [0.4, 0.5) is 5.69 Å². The van der Waals surface area contributed by atoms with E-state index in [-0.39, 0.29) is 11.7 Å². The van der Waals surface area contributed by atoms with Crippen molar-refractivity contribution in [2.75, 3.05) is 0 Å². The fourth-order valence-corrected chi connectivity index (χ4v) is 9.66. The quantitative estimate of drug-likeness (QED) is 0.133. The minimum absolute atomic E-state index is 0.0623. The van der Waals surface area contributed by atoms with Gasteiger partial charge >= 0.3 is 0 Å². The number of nitrogens with zero attached hydrogens (tertiary/aromatic N) is 1. The molecule has 12 rings (SSSR count). The van der Waals surface area contributed by atoms with Crippen molar-refractivity contribution in [1.29, 1.82) is 0 Å². The standard InChI is InChI=1S/C53H31NO/c55-53-44-21-10-22-46-50(44)51(52(54-46)36-28-23-31-11-1-2-13-34(31)29-36)43-20-9-19-42(49(43)53)48-40-17-7-5-15-38(40)47(39-16-6-8-18-41(39)48)35-27-26-33-25-24-32-12-3-4-14-37(32)45(33)30-35/h1-30,51H. The van der Waals surface area contributed by atoms with Gasteiger partial charge in [0.05, 0.1) is 17.3 Å². The number of fused-ring (bicyclic) bond motifs is 8. The van der Waals surface area contributed by atoms with Crippen LogP contribution in [0.25, 0.3) is 76.1 Å². The molecule has 1 unspecified atom stereocenters. The molecule has 0 saturated heterocycles. The normalized spacial score (nSPS) is 14.5. The third-order valence-corrected chi connectivity index (χ3v) is 12.0. The van der Waals surface area contributed by atoms with Crippen molar-refractivity contribution in [3.05, 3.63) is 210 Å². The maximum atomic E-state index is 15.0. The van der Waals surface area contributed by atoms with Crippen LogP contribution in [0.3, 0.4) is 0 Å². The topological polar surface area (TPSA) is 29.4 Å². The van der Waals surface area contributed by atoms with Crippen molar-refractivity contribution < 1.29 is 4.79 Å². The minimum atomic E-state index is -0.149. The zero-order valence-corrected chi connectivity index (χ0v) is 29.8. The van der Waals surface area contributed by atoms with E-state index in [2.05, 4.69) is 170 Å². The smallest absolute Gasteiger partial charge is 0.194 e. The molecule has 1 aliphatic heterocycles. The van der Waals surface area contributed by atoms with Gasteiger partial charge in [-0.05, 0) is 105 Å². The van der Waals surface area contributed by atoms with Gasteiger partial charge in [-0.2, -0.15) is 0 Å². The number of aliphatic imine (C=N–C) groups is 1. The van der Waals surface area contributed by atoms with Crippen LogP contribution >= 0.6 is 0 Å². The Hall–Kier alpha value is -7.16. The summed E-state index contributed by atoms with van der Waals surface area (Å²) < 4.78 is 0. The summed E-state index contributed by atoms with van der Waals surface area (Å²) in [6, 6.07) is 64.9. The molecule has 1 heterocycles. The number of hydrogen-bond donors (Lipinski definition) is 0. The Morgan fingerprint density at radius 1 is 0.382 bits per heavy atom.